The number of hydrogen-bond donors (Lipinski definition) is 2. The molecule has 1 unspecified atom stereocenters. The minimum absolute atomic E-state index is 0.0594. The molecule has 0 radical (unpaired) electrons. The maximum atomic E-state index is 12.1. The van der Waals surface area contributed by atoms with E-state index >= 15 is 0 Å². The van der Waals surface area contributed by atoms with Crippen LogP contribution in [-0.4, -0.2) is 40.5 Å². The Balaban J connectivity index is 3.21. The van der Waals surface area contributed by atoms with E-state index in [1.165, 1.54) is 30.1 Å². The Bertz CT molecular complexity index is 475. The number of nitrogen functional groups attached to an aromatic ring is 1. The molecule has 1 amide bonds. The van der Waals surface area contributed by atoms with E-state index < -0.39 is 22.6 Å². The van der Waals surface area contributed by atoms with E-state index in [4.69, 9.17) is 10.8 Å². The number of carbonyl (C=O) groups excluding carboxylic acids is 1. The minimum atomic E-state index is -0.681. The Morgan fingerprint density at radius 1 is 1.61 bits per heavy atom. The van der Waals surface area contributed by atoms with Gasteiger partial charge in [0.1, 0.15) is 11.3 Å². The molecule has 0 bridgehead atoms. The topological polar surface area (TPSA) is 110 Å². The average molecular weight is 253 g/mol. The zero-order chi connectivity index (χ0) is 13.9. The third-order valence-electron chi connectivity index (χ3n) is 2.73. The van der Waals surface area contributed by atoms with Crippen LogP contribution >= 0.6 is 0 Å². The Labute approximate surface area is 104 Å². The number of benzene rings is 1. The first-order chi connectivity index (χ1) is 8.40. The van der Waals surface area contributed by atoms with E-state index in [0.717, 1.165) is 0 Å². The molecule has 0 spiro atoms. The van der Waals surface area contributed by atoms with Crippen LogP contribution in [0.2, 0.25) is 0 Å². The van der Waals surface area contributed by atoms with Crippen LogP contribution in [0.5, 0.6) is 0 Å². The Hall–Kier alpha value is -2.15. The van der Waals surface area contributed by atoms with Crippen molar-refractivity contribution in [1.82, 2.24) is 4.90 Å². The SMILES string of the molecule is CC(CO)N(C)C(=O)c1cccc(N)c1[N+](=O)[O-]. The smallest absolute Gasteiger partial charge is 0.304 e. The summed E-state index contributed by atoms with van der Waals surface area (Å²) in [6.45, 7) is 1.41. The number of nitrogens with two attached hydrogens (primary N) is 1. The predicted molar refractivity (Wildman–Crippen MR) is 66.2 cm³/mol. The summed E-state index contributed by atoms with van der Waals surface area (Å²) in [5, 5.41) is 19.9. The summed E-state index contributed by atoms with van der Waals surface area (Å²) in [5.41, 5.74) is 4.96. The van der Waals surface area contributed by atoms with Gasteiger partial charge in [-0.25, -0.2) is 0 Å². The molecular formula is C11H15N3O4. The maximum absolute atomic E-state index is 12.1. The quantitative estimate of drug-likeness (QED) is 0.464. The normalized spacial score (nSPS) is 11.9. The summed E-state index contributed by atoms with van der Waals surface area (Å²) in [7, 11) is 1.47. The Morgan fingerprint density at radius 3 is 2.72 bits per heavy atom. The van der Waals surface area contributed by atoms with E-state index in [1.807, 2.05) is 0 Å². The second kappa shape index (κ2) is 5.46. The number of anilines is 1. The van der Waals surface area contributed by atoms with Crippen molar-refractivity contribution in [3.05, 3.63) is 33.9 Å². The molecule has 3 N–H and O–H groups in total. The highest BCUT2D eigenvalue weighted by Crippen LogP contribution is 2.27. The van der Waals surface area contributed by atoms with Crippen molar-refractivity contribution in [2.24, 2.45) is 0 Å². The first kappa shape index (κ1) is 13.9. The first-order valence-corrected chi connectivity index (χ1v) is 5.31. The molecule has 98 valence electrons. The van der Waals surface area contributed by atoms with Gasteiger partial charge in [0.15, 0.2) is 0 Å². The lowest BCUT2D eigenvalue weighted by Gasteiger charge is -2.23. The van der Waals surface area contributed by atoms with Gasteiger partial charge in [-0.1, -0.05) is 6.07 Å². The van der Waals surface area contributed by atoms with Crippen LogP contribution in [0.3, 0.4) is 0 Å². The van der Waals surface area contributed by atoms with Gasteiger partial charge in [0.05, 0.1) is 17.6 Å². The number of likely N-dealkylation sites (N-methyl/N-ethyl adjacent to an activating group) is 1. The van der Waals surface area contributed by atoms with Gasteiger partial charge < -0.3 is 15.7 Å². The number of aliphatic hydroxyl groups is 1. The predicted octanol–water partition coefficient (Wildman–Crippen LogP) is 0.630. The summed E-state index contributed by atoms with van der Waals surface area (Å²) in [4.78, 5) is 23.5. The Morgan fingerprint density at radius 2 is 2.22 bits per heavy atom. The molecule has 7 nitrogen and oxygen atoms in total. The van der Waals surface area contributed by atoms with E-state index in [-0.39, 0.29) is 17.9 Å². The highest BCUT2D eigenvalue weighted by molar-refractivity contribution is 6.00. The van der Waals surface area contributed by atoms with Crippen molar-refractivity contribution >= 4 is 17.3 Å². The van der Waals surface area contributed by atoms with Gasteiger partial charge in [0, 0.05) is 7.05 Å². The highest BCUT2D eigenvalue weighted by Gasteiger charge is 2.26. The molecule has 1 atom stereocenters. The van der Waals surface area contributed by atoms with Gasteiger partial charge in [-0.15, -0.1) is 0 Å². The number of amides is 1. The number of aliphatic hydroxyl groups excluding tert-OH is 1. The minimum Gasteiger partial charge on any atom is -0.394 e. The fraction of sp³-hybridized carbons (Fsp3) is 0.364. The number of rotatable bonds is 4. The van der Waals surface area contributed by atoms with Gasteiger partial charge in [-0.3, -0.25) is 14.9 Å². The lowest BCUT2D eigenvalue weighted by molar-refractivity contribution is -0.384. The van der Waals surface area contributed by atoms with Gasteiger partial charge in [-0.2, -0.15) is 0 Å². The second-order valence-electron chi connectivity index (χ2n) is 3.95. The van der Waals surface area contributed by atoms with E-state index in [1.54, 1.807) is 6.92 Å². The fourth-order valence-corrected chi connectivity index (χ4v) is 1.45. The van der Waals surface area contributed by atoms with Gasteiger partial charge in [-0.05, 0) is 19.1 Å². The summed E-state index contributed by atoms with van der Waals surface area (Å²) in [6.07, 6.45) is 0. The third-order valence-corrected chi connectivity index (χ3v) is 2.73. The number of nitro groups is 1. The number of nitrogens with zero attached hydrogens (tertiary/aromatic N) is 2. The summed E-state index contributed by atoms with van der Waals surface area (Å²) < 4.78 is 0. The monoisotopic (exact) mass is 253 g/mol. The zero-order valence-corrected chi connectivity index (χ0v) is 10.2. The van der Waals surface area contributed by atoms with Crippen molar-refractivity contribution in [3.63, 3.8) is 0 Å². The molecule has 0 fully saturated rings. The van der Waals surface area contributed by atoms with Crippen molar-refractivity contribution in [2.45, 2.75) is 13.0 Å². The number of carbonyl (C=O) groups is 1. The zero-order valence-electron chi connectivity index (χ0n) is 10.2. The van der Waals surface area contributed by atoms with E-state index in [2.05, 4.69) is 0 Å². The largest absolute Gasteiger partial charge is 0.394 e. The van der Waals surface area contributed by atoms with Crippen LogP contribution in [0.25, 0.3) is 0 Å². The van der Waals surface area contributed by atoms with Crippen LogP contribution < -0.4 is 5.73 Å². The molecular weight excluding hydrogens is 238 g/mol. The molecule has 1 aromatic carbocycles. The van der Waals surface area contributed by atoms with E-state index in [9.17, 15) is 14.9 Å². The molecule has 0 aliphatic carbocycles. The lowest BCUT2D eigenvalue weighted by atomic mass is 10.1. The van der Waals surface area contributed by atoms with Crippen molar-refractivity contribution < 1.29 is 14.8 Å². The molecule has 0 saturated carbocycles. The van der Waals surface area contributed by atoms with Crippen molar-refractivity contribution in [3.8, 4) is 0 Å². The van der Waals surface area contributed by atoms with Crippen LogP contribution in [0.4, 0.5) is 11.4 Å². The number of nitro benzene ring substituents is 1. The first-order valence-electron chi connectivity index (χ1n) is 5.31. The lowest BCUT2D eigenvalue weighted by Crippen LogP contribution is -2.37. The molecule has 18 heavy (non-hydrogen) atoms. The molecule has 1 aromatic rings. The molecule has 0 aliphatic heterocycles. The summed E-state index contributed by atoms with van der Waals surface area (Å²) >= 11 is 0. The number of hydrogen-bond acceptors (Lipinski definition) is 5. The van der Waals surface area contributed by atoms with Crippen molar-refractivity contribution in [1.29, 1.82) is 0 Å². The van der Waals surface area contributed by atoms with Crippen LogP contribution in [-0.2, 0) is 0 Å². The number of para-hydroxylation sites is 1. The second-order valence-corrected chi connectivity index (χ2v) is 3.95. The molecule has 7 heteroatoms. The third kappa shape index (κ3) is 2.57. The average Bonchev–Trinajstić information content (AvgIpc) is 2.35. The summed E-state index contributed by atoms with van der Waals surface area (Å²) in [5.74, 6) is -0.546. The molecule has 0 heterocycles. The fourth-order valence-electron chi connectivity index (χ4n) is 1.45. The summed E-state index contributed by atoms with van der Waals surface area (Å²) in [6, 6.07) is 3.76. The standard InChI is InChI=1S/C11H15N3O4/c1-7(6-15)13(2)11(16)8-4-3-5-9(12)10(8)14(17)18/h3-5,7,15H,6,12H2,1-2H3. The molecule has 0 saturated heterocycles. The van der Waals surface area contributed by atoms with Gasteiger partial charge in [0.2, 0.25) is 0 Å². The Kier molecular flexibility index (Phi) is 4.22. The van der Waals surface area contributed by atoms with Crippen LogP contribution in [0.1, 0.15) is 17.3 Å². The molecule has 1 rings (SSSR count). The molecule has 0 aromatic heterocycles. The van der Waals surface area contributed by atoms with Crippen LogP contribution in [0, 0.1) is 10.1 Å². The van der Waals surface area contributed by atoms with E-state index in [0.29, 0.717) is 0 Å². The molecule has 0 aliphatic rings. The van der Waals surface area contributed by atoms with Gasteiger partial charge >= 0.3 is 5.69 Å². The van der Waals surface area contributed by atoms with Gasteiger partial charge in [0.25, 0.3) is 5.91 Å². The highest BCUT2D eigenvalue weighted by atomic mass is 16.6. The van der Waals surface area contributed by atoms with Crippen molar-refractivity contribution in [2.75, 3.05) is 19.4 Å². The maximum Gasteiger partial charge on any atom is 0.304 e. The van der Waals surface area contributed by atoms with Crippen LogP contribution in [0.15, 0.2) is 18.2 Å².